The standard InChI is InChI=1S/C29H39Si.3ClH.Ti/c1-11-25-15-26(12-2)17-28(16-25)30(10,27-13-19(3)22(6)20(4)14-27)29(9)18-21(5)23(7)24(29)8;;;;/h13-17H,11-12H2,1-10H3;3*1H;/q-1;;;;+4/p-3. The maximum atomic E-state index is 4.00. The van der Waals surface area contributed by atoms with Crippen molar-refractivity contribution in [2.75, 3.05) is 0 Å². The molecular weight excluding hydrogens is 531 g/mol. The largest absolute Gasteiger partial charge is 4.00 e. The summed E-state index contributed by atoms with van der Waals surface area (Å²) >= 11 is 0. The van der Waals surface area contributed by atoms with Gasteiger partial charge in [0, 0.05) is 0 Å². The number of rotatable bonds is 5. The molecule has 0 heterocycles. The normalized spacial score (nSPS) is 18.6. The zero-order valence-corrected chi connectivity index (χ0v) is 27.3. The van der Waals surface area contributed by atoms with Crippen LogP contribution in [0.2, 0.25) is 11.6 Å². The summed E-state index contributed by atoms with van der Waals surface area (Å²) < 4.78 is 0. The van der Waals surface area contributed by atoms with Crippen LogP contribution in [0, 0.1) is 26.8 Å². The van der Waals surface area contributed by atoms with Crippen LogP contribution >= 0.6 is 0 Å². The van der Waals surface area contributed by atoms with Gasteiger partial charge < -0.3 is 37.2 Å². The molecule has 5 heteroatoms. The molecule has 2 atom stereocenters. The Morgan fingerprint density at radius 1 is 0.735 bits per heavy atom. The molecule has 0 saturated heterocycles. The summed E-state index contributed by atoms with van der Waals surface area (Å²) in [5.74, 6) is 0. The first-order valence-electron chi connectivity index (χ1n) is 11.5. The molecule has 34 heavy (non-hydrogen) atoms. The Labute approximate surface area is 243 Å². The van der Waals surface area contributed by atoms with Crippen LogP contribution in [0.1, 0.15) is 69.4 Å². The van der Waals surface area contributed by atoms with Crippen molar-refractivity contribution in [1.29, 1.82) is 0 Å². The van der Waals surface area contributed by atoms with E-state index in [0.29, 0.717) is 0 Å². The number of halogens is 3. The van der Waals surface area contributed by atoms with Crippen molar-refractivity contribution in [2.24, 2.45) is 0 Å². The molecule has 3 rings (SSSR count). The number of hydrogen-bond donors (Lipinski definition) is 0. The van der Waals surface area contributed by atoms with Crippen LogP contribution in [0.4, 0.5) is 0 Å². The average molecular weight is 570 g/mol. The molecule has 0 aliphatic heterocycles. The third kappa shape index (κ3) is 5.82. The molecule has 1 aliphatic carbocycles. The van der Waals surface area contributed by atoms with Crippen molar-refractivity contribution in [3.05, 3.63) is 80.9 Å². The van der Waals surface area contributed by atoms with Gasteiger partial charge in [0.05, 0.1) is 0 Å². The minimum Gasteiger partial charge on any atom is -1.00 e. The van der Waals surface area contributed by atoms with Crippen molar-refractivity contribution >= 4 is 18.4 Å². The number of aryl methyl sites for hydroxylation is 4. The van der Waals surface area contributed by atoms with E-state index in [1.165, 1.54) is 49.7 Å². The topological polar surface area (TPSA) is 0 Å². The average Bonchev–Trinajstić information content (AvgIpc) is 2.93. The molecule has 0 fully saturated rings. The van der Waals surface area contributed by atoms with Gasteiger partial charge in [-0.3, -0.25) is 6.08 Å². The summed E-state index contributed by atoms with van der Waals surface area (Å²) in [5.41, 5.74) is 11.4. The van der Waals surface area contributed by atoms with Gasteiger partial charge in [-0.05, 0) is 61.4 Å². The Balaban J connectivity index is 0. The monoisotopic (exact) mass is 568 g/mol. The van der Waals surface area contributed by atoms with Gasteiger partial charge in [0.15, 0.2) is 0 Å². The number of allylic oxidation sites excluding steroid dienone is 4. The van der Waals surface area contributed by atoms with E-state index in [1.54, 1.807) is 5.19 Å². The molecule has 2 aromatic carbocycles. The van der Waals surface area contributed by atoms with Crippen LogP contribution in [0.25, 0.3) is 0 Å². The van der Waals surface area contributed by atoms with Gasteiger partial charge in [-0.1, -0.05) is 86.9 Å². The molecular formula is C29H39Cl3SiTi. The van der Waals surface area contributed by atoms with Crippen molar-refractivity contribution in [1.82, 2.24) is 0 Å². The van der Waals surface area contributed by atoms with Gasteiger partial charge in [-0.2, -0.15) is 11.1 Å². The molecule has 2 unspecified atom stereocenters. The van der Waals surface area contributed by atoms with Crippen molar-refractivity contribution in [3.63, 3.8) is 0 Å². The second-order valence-corrected chi connectivity index (χ2v) is 14.1. The fourth-order valence-corrected chi connectivity index (χ4v) is 10.1. The minimum atomic E-state index is -2.21. The van der Waals surface area contributed by atoms with E-state index in [4.69, 9.17) is 0 Å². The van der Waals surface area contributed by atoms with Crippen molar-refractivity contribution in [2.45, 2.75) is 86.7 Å². The van der Waals surface area contributed by atoms with Gasteiger partial charge in [-0.15, -0.1) is 6.92 Å². The summed E-state index contributed by atoms with van der Waals surface area (Å²) in [7, 11) is -2.21. The van der Waals surface area contributed by atoms with Crippen LogP contribution in [-0.4, -0.2) is 8.07 Å². The van der Waals surface area contributed by atoms with Crippen LogP contribution in [0.15, 0.2) is 47.1 Å². The zero-order chi connectivity index (χ0) is 22.4. The fourth-order valence-electron chi connectivity index (χ4n) is 5.25. The molecule has 1 aliphatic rings. The second-order valence-electron chi connectivity index (χ2n) is 9.73. The van der Waals surface area contributed by atoms with Gasteiger partial charge in [0.25, 0.3) is 0 Å². The second kappa shape index (κ2) is 13.3. The van der Waals surface area contributed by atoms with E-state index in [0.717, 1.165) is 12.8 Å². The van der Waals surface area contributed by atoms with Gasteiger partial charge in [0.1, 0.15) is 8.07 Å². The summed E-state index contributed by atoms with van der Waals surface area (Å²) in [5, 5.41) is 3.04. The Bertz CT molecular complexity index is 1030. The van der Waals surface area contributed by atoms with Gasteiger partial charge in [-0.25, -0.2) is 5.57 Å². The first-order chi connectivity index (χ1) is 14.0. The van der Waals surface area contributed by atoms with Gasteiger partial charge >= 0.3 is 21.7 Å². The molecule has 0 N–H and O–H groups in total. The van der Waals surface area contributed by atoms with E-state index >= 15 is 0 Å². The SMILES string of the molecule is CCc1cc(CC)cc([Si](C)(c2cc(C)c(C)c(C)c2)C2(C)[C-]=C(C)C(C)=C2C)c1.[Cl-].[Cl-].[Cl-].[Ti+4]. The van der Waals surface area contributed by atoms with Crippen molar-refractivity contribution in [3.8, 4) is 0 Å². The molecule has 0 nitrogen and oxygen atoms in total. The molecule has 184 valence electrons. The maximum absolute atomic E-state index is 4.00. The van der Waals surface area contributed by atoms with E-state index in [9.17, 15) is 0 Å². The first kappa shape index (κ1) is 35.9. The summed E-state index contributed by atoms with van der Waals surface area (Å²) in [6.45, 7) is 23.3. The number of benzene rings is 2. The third-order valence-corrected chi connectivity index (χ3v) is 13.7. The Kier molecular flexibility index (Phi) is 14.1. The van der Waals surface area contributed by atoms with E-state index in [-0.39, 0.29) is 64.0 Å². The summed E-state index contributed by atoms with van der Waals surface area (Å²) in [6.07, 6.45) is 6.17. The van der Waals surface area contributed by atoms with Gasteiger partial charge in [0.2, 0.25) is 0 Å². The zero-order valence-electron chi connectivity index (χ0n) is 22.4. The number of hydrogen-bond acceptors (Lipinski definition) is 0. The minimum absolute atomic E-state index is 0. The predicted molar refractivity (Wildman–Crippen MR) is 136 cm³/mol. The molecule has 0 amide bonds. The molecule has 0 bridgehead atoms. The molecule has 0 spiro atoms. The third-order valence-electron chi connectivity index (χ3n) is 8.26. The quantitative estimate of drug-likeness (QED) is 0.283. The molecule has 0 radical (unpaired) electrons. The van der Waals surface area contributed by atoms with E-state index < -0.39 is 8.07 Å². The van der Waals surface area contributed by atoms with E-state index in [1.807, 2.05) is 0 Å². The predicted octanol–water partition coefficient (Wildman–Crippen LogP) is -2.20. The maximum Gasteiger partial charge on any atom is 4.00 e. The Morgan fingerprint density at radius 2 is 1.15 bits per heavy atom. The first-order valence-corrected chi connectivity index (χ1v) is 14.0. The molecule has 0 saturated carbocycles. The Morgan fingerprint density at radius 3 is 1.50 bits per heavy atom. The fraction of sp³-hybridized carbons (Fsp3) is 0.448. The van der Waals surface area contributed by atoms with Crippen molar-refractivity contribution < 1.29 is 58.9 Å². The van der Waals surface area contributed by atoms with Crippen LogP contribution < -0.4 is 47.6 Å². The van der Waals surface area contributed by atoms with E-state index in [2.05, 4.69) is 105 Å². The van der Waals surface area contributed by atoms with Crippen LogP contribution in [-0.2, 0) is 34.6 Å². The van der Waals surface area contributed by atoms with Crippen LogP contribution in [0.3, 0.4) is 0 Å². The molecule has 0 aromatic heterocycles. The summed E-state index contributed by atoms with van der Waals surface area (Å²) in [4.78, 5) is 0. The Hall–Kier alpha value is -0.279. The smallest absolute Gasteiger partial charge is 1.00 e. The molecule has 2 aromatic rings. The summed E-state index contributed by atoms with van der Waals surface area (Å²) in [6, 6.07) is 12.4. The van der Waals surface area contributed by atoms with Crippen LogP contribution in [0.5, 0.6) is 0 Å².